The Labute approximate surface area is 292 Å². The number of hydrogen-bond donors (Lipinski definition) is 0. The van der Waals surface area contributed by atoms with Crippen LogP contribution in [0.25, 0.3) is 93.9 Å². The van der Waals surface area contributed by atoms with E-state index in [-0.39, 0.29) is 0 Å². The Morgan fingerprint density at radius 1 is 0.294 bits per heavy atom. The second-order valence-electron chi connectivity index (χ2n) is 13.1. The van der Waals surface area contributed by atoms with Gasteiger partial charge in [0.1, 0.15) is 11.0 Å². The second-order valence-corrected chi connectivity index (χ2v) is 13.1. The Kier molecular flexibility index (Phi) is 5.89. The molecule has 5 heterocycles. The van der Waals surface area contributed by atoms with Gasteiger partial charge in [0.2, 0.25) is 0 Å². The number of benzene rings is 6. The van der Waals surface area contributed by atoms with Crippen LogP contribution < -0.4 is 0 Å². The normalized spacial score (nSPS) is 11.9. The summed E-state index contributed by atoms with van der Waals surface area (Å²) in [4.78, 5) is 9.55. The van der Waals surface area contributed by atoms with Crippen molar-refractivity contribution in [1.82, 2.24) is 23.7 Å². The minimum absolute atomic E-state index is 0.896. The Balaban J connectivity index is 1.17. The smallest absolute Gasteiger partial charge is 0.115 e. The Hall–Kier alpha value is -6.98. The van der Waals surface area contributed by atoms with Gasteiger partial charge >= 0.3 is 0 Å². The number of pyridine rings is 2. The number of aromatic nitrogens is 5. The molecule has 0 N–H and O–H groups in total. The third-order valence-corrected chi connectivity index (χ3v) is 10.3. The molecule has 6 aromatic carbocycles. The van der Waals surface area contributed by atoms with E-state index in [0.29, 0.717) is 0 Å². The first-order valence-electron chi connectivity index (χ1n) is 17.2. The van der Waals surface area contributed by atoms with E-state index >= 15 is 0 Å². The minimum Gasteiger partial charge on any atom is -0.309 e. The fourth-order valence-corrected chi connectivity index (χ4v) is 8.15. The van der Waals surface area contributed by atoms with Crippen molar-refractivity contribution >= 4 is 65.7 Å². The van der Waals surface area contributed by atoms with Gasteiger partial charge in [-0.05, 0) is 90.0 Å². The predicted octanol–water partition coefficient (Wildman–Crippen LogP) is 11.4. The van der Waals surface area contributed by atoms with E-state index in [2.05, 4.69) is 165 Å². The topological polar surface area (TPSA) is 40.6 Å². The number of nitrogens with zero attached hydrogens (tertiary/aromatic N) is 5. The molecule has 0 fully saturated rings. The predicted molar refractivity (Wildman–Crippen MR) is 210 cm³/mol. The summed E-state index contributed by atoms with van der Waals surface area (Å²) in [6.45, 7) is 0. The molecule has 11 aromatic rings. The molecule has 0 unspecified atom stereocenters. The highest BCUT2D eigenvalue weighted by Gasteiger charge is 2.18. The van der Waals surface area contributed by atoms with E-state index in [1.165, 1.54) is 43.6 Å². The van der Waals surface area contributed by atoms with Crippen LogP contribution in [0, 0.1) is 0 Å². The van der Waals surface area contributed by atoms with Gasteiger partial charge in [-0.15, -0.1) is 0 Å². The zero-order chi connectivity index (χ0) is 33.5. The summed E-state index contributed by atoms with van der Waals surface area (Å²) in [5.74, 6) is 0. The Bertz CT molecular complexity index is 2850. The van der Waals surface area contributed by atoms with E-state index in [0.717, 1.165) is 50.3 Å². The van der Waals surface area contributed by atoms with Gasteiger partial charge in [-0.2, -0.15) is 0 Å². The van der Waals surface area contributed by atoms with Crippen LogP contribution in [0.3, 0.4) is 0 Å². The van der Waals surface area contributed by atoms with Gasteiger partial charge in [0.15, 0.2) is 0 Å². The van der Waals surface area contributed by atoms with Crippen molar-refractivity contribution in [2.45, 2.75) is 0 Å². The van der Waals surface area contributed by atoms with E-state index in [4.69, 9.17) is 9.97 Å². The maximum atomic E-state index is 4.78. The van der Waals surface area contributed by atoms with Crippen molar-refractivity contribution in [3.63, 3.8) is 0 Å². The molecule has 0 saturated carbocycles. The molecule has 0 bridgehead atoms. The molecule has 0 aliphatic heterocycles. The summed E-state index contributed by atoms with van der Waals surface area (Å²) in [5, 5.41) is 4.99. The van der Waals surface area contributed by atoms with Crippen LogP contribution in [-0.2, 0) is 0 Å². The Morgan fingerprint density at radius 2 is 0.667 bits per heavy atom. The summed E-state index contributed by atoms with van der Waals surface area (Å²) in [7, 11) is 0. The molecule has 5 nitrogen and oxygen atoms in total. The summed E-state index contributed by atoms with van der Waals surface area (Å²) in [6, 6.07) is 58.9. The van der Waals surface area contributed by atoms with Crippen molar-refractivity contribution < 1.29 is 0 Å². The van der Waals surface area contributed by atoms with E-state index in [1.54, 1.807) is 0 Å². The maximum absolute atomic E-state index is 4.78. The van der Waals surface area contributed by atoms with Crippen LogP contribution in [0.4, 0.5) is 0 Å². The highest BCUT2D eigenvalue weighted by atomic mass is 15.0. The molecule has 0 spiro atoms. The monoisotopic (exact) mass is 651 g/mol. The fraction of sp³-hybridized carbons (Fsp3) is 0. The summed E-state index contributed by atoms with van der Waals surface area (Å²) in [6.07, 6.45) is 3.69. The van der Waals surface area contributed by atoms with Crippen LogP contribution in [0.1, 0.15) is 0 Å². The van der Waals surface area contributed by atoms with Crippen LogP contribution in [0.2, 0.25) is 0 Å². The lowest BCUT2D eigenvalue weighted by atomic mass is 10.0. The molecular formula is C46H29N5. The molecule has 0 atom stereocenters. The largest absolute Gasteiger partial charge is 0.309 e. The van der Waals surface area contributed by atoms with Crippen LogP contribution in [0.15, 0.2) is 176 Å². The summed E-state index contributed by atoms with van der Waals surface area (Å²) in [5.41, 5.74) is 14.1. The van der Waals surface area contributed by atoms with Crippen molar-refractivity contribution in [2.24, 2.45) is 0 Å². The van der Waals surface area contributed by atoms with Crippen LogP contribution in [0.5, 0.6) is 0 Å². The van der Waals surface area contributed by atoms with E-state index < -0.39 is 0 Å². The third-order valence-electron chi connectivity index (χ3n) is 10.3. The minimum atomic E-state index is 0.896. The van der Waals surface area contributed by atoms with Gasteiger partial charge in [-0.25, -0.2) is 0 Å². The molecule has 0 amide bonds. The van der Waals surface area contributed by atoms with Gasteiger partial charge in [0.05, 0.1) is 33.1 Å². The van der Waals surface area contributed by atoms with Crippen LogP contribution in [-0.4, -0.2) is 23.7 Å². The number of rotatable bonds is 4. The summed E-state index contributed by atoms with van der Waals surface area (Å²) >= 11 is 0. The zero-order valence-corrected chi connectivity index (χ0v) is 27.5. The molecular weight excluding hydrogens is 623 g/mol. The van der Waals surface area contributed by atoms with Gasteiger partial charge < -0.3 is 13.7 Å². The van der Waals surface area contributed by atoms with Crippen molar-refractivity contribution in [3.8, 4) is 28.2 Å². The van der Waals surface area contributed by atoms with Gasteiger partial charge in [0.25, 0.3) is 0 Å². The molecule has 0 radical (unpaired) electrons. The molecule has 5 heteroatoms. The average molecular weight is 652 g/mol. The van der Waals surface area contributed by atoms with Crippen LogP contribution >= 0.6 is 0 Å². The maximum Gasteiger partial charge on any atom is 0.115 e. The van der Waals surface area contributed by atoms with Gasteiger partial charge in [0, 0.05) is 51.0 Å². The zero-order valence-electron chi connectivity index (χ0n) is 27.5. The van der Waals surface area contributed by atoms with Crippen molar-refractivity contribution in [1.29, 1.82) is 0 Å². The number of hydrogen-bond acceptors (Lipinski definition) is 2. The van der Waals surface area contributed by atoms with Gasteiger partial charge in [-0.3, -0.25) is 9.97 Å². The van der Waals surface area contributed by atoms with Crippen molar-refractivity contribution in [3.05, 3.63) is 176 Å². The first-order valence-corrected chi connectivity index (χ1v) is 17.2. The molecule has 0 saturated heterocycles. The lowest BCUT2D eigenvalue weighted by Crippen LogP contribution is -2.00. The first-order chi connectivity index (χ1) is 25.3. The summed E-state index contributed by atoms with van der Waals surface area (Å²) < 4.78 is 7.07. The number of para-hydroxylation sites is 4. The fourth-order valence-electron chi connectivity index (χ4n) is 8.15. The number of fused-ring (bicyclic) bond motifs is 9. The Morgan fingerprint density at radius 3 is 1.12 bits per heavy atom. The second kappa shape index (κ2) is 10.8. The van der Waals surface area contributed by atoms with E-state index in [9.17, 15) is 0 Å². The van der Waals surface area contributed by atoms with E-state index in [1.807, 2.05) is 24.5 Å². The lowest BCUT2D eigenvalue weighted by molar-refractivity contribution is 1.13. The standard InChI is InChI=1S/C46H29N5/c1-5-15-39-35(11-1)36-12-2-6-16-40(36)49(39)32-23-21-30(22-24-32)31-27-33(50-41-17-7-3-13-37(41)38-14-4-8-18-42(38)50)29-34(28-31)51-43-19-9-25-47-45(43)46-44(51)20-10-26-48-46/h1-29H. The molecule has 238 valence electrons. The molecule has 11 rings (SSSR count). The lowest BCUT2D eigenvalue weighted by Gasteiger charge is -2.16. The average Bonchev–Trinajstić information content (AvgIpc) is 3.84. The van der Waals surface area contributed by atoms with Gasteiger partial charge in [-0.1, -0.05) is 84.9 Å². The quantitative estimate of drug-likeness (QED) is 0.190. The molecule has 0 aliphatic rings. The third kappa shape index (κ3) is 4.09. The highest BCUT2D eigenvalue weighted by molar-refractivity contribution is 6.10. The SMILES string of the molecule is c1ccc2c(c1)c1ccccc1n2-c1ccc(-c2cc(-n3c4ccccc4c4ccccc43)cc(-n3c4cccnc4c4ncccc43)c2)cc1. The molecule has 5 aromatic heterocycles. The molecule has 51 heavy (non-hydrogen) atoms. The molecule has 0 aliphatic carbocycles. The first kappa shape index (κ1) is 27.9. The highest BCUT2D eigenvalue weighted by Crippen LogP contribution is 2.38. The van der Waals surface area contributed by atoms with Crippen molar-refractivity contribution in [2.75, 3.05) is 0 Å².